The van der Waals surface area contributed by atoms with E-state index in [0.717, 1.165) is 0 Å². The zero-order valence-corrected chi connectivity index (χ0v) is 19.4. The SMILES string of the molecule is CC(F)(CNC(=O)c1cc(Cl)ncc1Oc1cccc(C2CC2)c1)c1ccc(Cl)cc1Cl. The molecule has 1 atom stereocenters. The minimum atomic E-state index is -1.92. The Morgan fingerprint density at radius 2 is 1.97 bits per heavy atom. The summed E-state index contributed by atoms with van der Waals surface area (Å²) in [5, 5.41) is 3.31. The first-order chi connectivity index (χ1) is 15.2. The third-order valence-electron chi connectivity index (χ3n) is 5.29. The van der Waals surface area contributed by atoms with E-state index < -0.39 is 11.6 Å². The van der Waals surface area contributed by atoms with Gasteiger partial charge in [-0.2, -0.15) is 0 Å². The zero-order valence-electron chi connectivity index (χ0n) is 17.2. The number of hydrogen-bond donors (Lipinski definition) is 1. The molecule has 3 aromatic rings. The van der Waals surface area contributed by atoms with Crippen LogP contribution in [-0.4, -0.2) is 17.4 Å². The number of nitrogens with zero attached hydrogens (tertiary/aromatic N) is 1. The van der Waals surface area contributed by atoms with E-state index in [1.165, 1.54) is 49.7 Å². The van der Waals surface area contributed by atoms with Gasteiger partial charge in [0.15, 0.2) is 11.4 Å². The molecule has 0 radical (unpaired) electrons. The number of nitrogens with one attached hydrogen (secondary N) is 1. The number of carbonyl (C=O) groups is 1. The van der Waals surface area contributed by atoms with Crippen LogP contribution in [0.1, 0.15) is 47.2 Å². The normalized spacial score (nSPS) is 15.2. The molecule has 1 aliphatic rings. The summed E-state index contributed by atoms with van der Waals surface area (Å²) in [5.41, 5.74) is -0.346. The average Bonchev–Trinajstić information content (AvgIpc) is 3.59. The molecule has 2 aromatic carbocycles. The number of alkyl halides is 1. The van der Waals surface area contributed by atoms with Crippen molar-refractivity contribution in [3.05, 3.63) is 86.6 Å². The quantitative estimate of drug-likeness (QED) is 0.351. The molecule has 0 spiro atoms. The van der Waals surface area contributed by atoms with Crippen molar-refractivity contribution in [3.8, 4) is 11.5 Å². The van der Waals surface area contributed by atoms with E-state index in [1.54, 1.807) is 6.07 Å². The Morgan fingerprint density at radius 3 is 2.69 bits per heavy atom. The summed E-state index contributed by atoms with van der Waals surface area (Å²) in [6.45, 7) is 1.02. The molecule has 1 N–H and O–H groups in total. The first-order valence-corrected chi connectivity index (χ1v) is 11.2. The van der Waals surface area contributed by atoms with E-state index in [4.69, 9.17) is 39.5 Å². The van der Waals surface area contributed by atoms with Gasteiger partial charge in [-0.1, -0.05) is 53.0 Å². The van der Waals surface area contributed by atoms with Crippen LogP contribution in [0, 0.1) is 0 Å². The number of rotatable bonds is 7. The Balaban J connectivity index is 1.52. The Hall–Kier alpha value is -2.34. The van der Waals surface area contributed by atoms with E-state index in [-0.39, 0.29) is 33.6 Å². The van der Waals surface area contributed by atoms with E-state index in [0.29, 0.717) is 16.7 Å². The zero-order chi connectivity index (χ0) is 22.9. The lowest BCUT2D eigenvalue weighted by molar-refractivity contribution is 0.0908. The molecule has 1 aromatic heterocycles. The van der Waals surface area contributed by atoms with Crippen LogP contribution in [0.3, 0.4) is 0 Å². The summed E-state index contributed by atoms with van der Waals surface area (Å²) in [5.74, 6) is 0.837. The summed E-state index contributed by atoms with van der Waals surface area (Å²) in [6, 6.07) is 13.6. The van der Waals surface area contributed by atoms with Gasteiger partial charge in [-0.25, -0.2) is 9.37 Å². The van der Waals surface area contributed by atoms with Gasteiger partial charge in [0.05, 0.1) is 18.3 Å². The molecule has 1 saturated carbocycles. The summed E-state index contributed by atoms with van der Waals surface area (Å²) < 4.78 is 21.3. The highest BCUT2D eigenvalue weighted by molar-refractivity contribution is 6.35. The van der Waals surface area contributed by atoms with Gasteiger partial charge in [-0.15, -0.1) is 0 Å². The second kappa shape index (κ2) is 9.26. The van der Waals surface area contributed by atoms with Crippen LogP contribution in [0.4, 0.5) is 4.39 Å². The first-order valence-electron chi connectivity index (χ1n) is 10.1. The lowest BCUT2D eigenvalue weighted by Crippen LogP contribution is -2.36. The summed E-state index contributed by atoms with van der Waals surface area (Å²) in [6.07, 6.45) is 3.71. The highest BCUT2D eigenvalue weighted by atomic mass is 35.5. The second-order valence-electron chi connectivity index (χ2n) is 7.96. The van der Waals surface area contributed by atoms with Gasteiger partial charge in [0.25, 0.3) is 5.91 Å². The van der Waals surface area contributed by atoms with Gasteiger partial charge in [-0.05, 0) is 61.6 Å². The van der Waals surface area contributed by atoms with Gasteiger partial charge in [0, 0.05) is 15.6 Å². The third-order valence-corrected chi connectivity index (χ3v) is 6.04. The minimum Gasteiger partial charge on any atom is -0.455 e. The number of hydrogen-bond acceptors (Lipinski definition) is 3. The standard InChI is InChI=1S/C24H20Cl3FN2O2/c1-24(28,19-8-7-16(25)10-20(19)26)13-30-23(31)18-11-22(27)29-12-21(18)32-17-4-2-3-15(9-17)14-5-6-14/h2-4,7-12,14H,5-6,13H2,1H3,(H,30,31). The molecule has 1 heterocycles. The number of aromatic nitrogens is 1. The topological polar surface area (TPSA) is 51.2 Å². The Morgan fingerprint density at radius 1 is 1.19 bits per heavy atom. The Labute approximate surface area is 200 Å². The molecule has 0 aliphatic heterocycles. The van der Waals surface area contributed by atoms with Crippen molar-refractivity contribution in [1.82, 2.24) is 10.3 Å². The molecular formula is C24H20Cl3FN2O2. The number of pyridine rings is 1. The fourth-order valence-electron chi connectivity index (χ4n) is 3.40. The molecule has 4 rings (SSSR count). The predicted octanol–water partition coefficient (Wildman–Crippen LogP) is 7.33. The molecule has 166 valence electrons. The lowest BCUT2D eigenvalue weighted by atomic mass is 9.97. The minimum absolute atomic E-state index is 0.123. The molecule has 0 bridgehead atoms. The van der Waals surface area contributed by atoms with Crippen molar-refractivity contribution >= 4 is 40.7 Å². The first kappa shape index (κ1) is 22.8. The largest absolute Gasteiger partial charge is 0.455 e. The third kappa shape index (κ3) is 5.34. The van der Waals surface area contributed by atoms with E-state index in [9.17, 15) is 4.79 Å². The van der Waals surface area contributed by atoms with E-state index in [2.05, 4.69) is 16.4 Å². The maximum atomic E-state index is 15.3. The molecule has 1 aliphatic carbocycles. The van der Waals surface area contributed by atoms with Crippen molar-refractivity contribution in [3.63, 3.8) is 0 Å². The molecule has 8 heteroatoms. The number of carbonyl (C=O) groups excluding carboxylic acids is 1. The molecule has 32 heavy (non-hydrogen) atoms. The molecule has 1 amide bonds. The van der Waals surface area contributed by atoms with Crippen molar-refractivity contribution in [2.75, 3.05) is 6.54 Å². The van der Waals surface area contributed by atoms with Crippen LogP contribution in [0.5, 0.6) is 11.5 Å². The van der Waals surface area contributed by atoms with E-state index in [1.807, 2.05) is 18.2 Å². The molecule has 0 saturated heterocycles. The Bertz CT molecular complexity index is 1170. The Kier molecular flexibility index (Phi) is 6.61. The lowest BCUT2D eigenvalue weighted by Gasteiger charge is -2.23. The van der Waals surface area contributed by atoms with Crippen molar-refractivity contribution < 1.29 is 13.9 Å². The smallest absolute Gasteiger partial charge is 0.255 e. The highest BCUT2D eigenvalue weighted by Gasteiger charge is 2.30. The van der Waals surface area contributed by atoms with Crippen LogP contribution in [0.2, 0.25) is 15.2 Å². The summed E-state index contributed by atoms with van der Waals surface area (Å²) >= 11 is 18.0. The van der Waals surface area contributed by atoms with Gasteiger partial charge >= 0.3 is 0 Å². The van der Waals surface area contributed by atoms with Crippen LogP contribution >= 0.6 is 34.8 Å². The number of amides is 1. The van der Waals surface area contributed by atoms with E-state index >= 15 is 4.39 Å². The van der Waals surface area contributed by atoms with Crippen molar-refractivity contribution in [1.29, 1.82) is 0 Å². The molecule has 1 unspecified atom stereocenters. The van der Waals surface area contributed by atoms with Gasteiger partial charge in [0.2, 0.25) is 0 Å². The highest BCUT2D eigenvalue weighted by Crippen LogP contribution is 2.41. The van der Waals surface area contributed by atoms with Crippen LogP contribution in [-0.2, 0) is 5.67 Å². The van der Waals surface area contributed by atoms with Crippen molar-refractivity contribution in [2.45, 2.75) is 31.4 Å². The van der Waals surface area contributed by atoms with Crippen LogP contribution in [0.25, 0.3) is 0 Å². The average molecular weight is 494 g/mol. The molecule has 4 nitrogen and oxygen atoms in total. The molecular weight excluding hydrogens is 474 g/mol. The van der Waals surface area contributed by atoms with Crippen LogP contribution < -0.4 is 10.1 Å². The maximum Gasteiger partial charge on any atom is 0.255 e. The van der Waals surface area contributed by atoms with Gasteiger partial charge in [0.1, 0.15) is 10.9 Å². The summed E-state index contributed by atoms with van der Waals surface area (Å²) in [7, 11) is 0. The van der Waals surface area contributed by atoms with Gasteiger partial charge < -0.3 is 10.1 Å². The fourth-order valence-corrected chi connectivity index (χ4v) is 4.16. The maximum absolute atomic E-state index is 15.3. The number of halogens is 4. The molecule has 1 fully saturated rings. The number of ether oxygens (including phenoxy) is 1. The predicted molar refractivity (Wildman–Crippen MR) is 125 cm³/mol. The van der Waals surface area contributed by atoms with Crippen LogP contribution in [0.15, 0.2) is 54.7 Å². The van der Waals surface area contributed by atoms with Crippen molar-refractivity contribution in [2.24, 2.45) is 0 Å². The fraction of sp³-hybridized carbons (Fsp3) is 0.250. The van der Waals surface area contributed by atoms with Gasteiger partial charge in [-0.3, -0.25) is 4.79 Å². The summed E-state index contributed by atoms with van der Waals surface area (Å²) in [4.78, 5) is 16.9. The second-order valence-corrected chi connectivity index (χ2v) is 9.19. The monoisotopic (exact) mass is 492 g/mol. The number of benzene rings is 2.